The minimum Gasteiger partial charge on any atom is -0.383 e. The van der Waals surface area contributed by atoms with Crippen LogP contribution >= 0.6 is 11.8 Å². The van der Waals surface area contributed by atoms with Crippen molar-refractivity contribution >= 4 is 17.6 Å². The molecule has 0 fully saturated rings. The molecule has 1 aliphatic rings. The highest BCUT2D eigenvalue weighted by Crippen LogP contribution is 2.39. The van der Waals surface area contributed by atoms with Crippen molar-refractivity contribution in [1.29, 1.82) is 10.5 Å². The van der Waals surface area contributed by atoms with Gasteiger partial charge in [-0.15, -0.1) is 11.8 Å². The van der Waals surface area contributed by atoms with Crippen molar-refractivity contribution in [2.45, 2.75) is 36.0 Å². The van der Waals surface area contributed by atoms with Crippen LogP contribution in [0.3, 0.4) is 0 Å². The topological polar surface area (TPSA) is 86.5 Å². The summed E-state index contributed by atoms with van der Waals surface area (Å²) in [5.41, 5.74) is 8.86. The monoisotopic (exact) mass is 346 g/mol. The van der Waals surface area contributed by atoms with E-state index in [4.69, 9.17) is 5.73 Å². The lowest BCUT2D eigenvalue weighted by molar-refractivity contribution is 0.612. The van der Waals surface area contributed by atoms with Gasteiger partial charge in [-0.05, 0) is 36.3 Å². The Labute approximate surface area is 152 Å². The van der Waals surface area contributed by atoms with E-state index in [9.17, 15) is 10.5 Å². The number of nitrogens with two attached hydrogens (primary N) is 1. The molecular weight excluding hydrogens is 328 g/mol. The van der Waals surface area contributed by atoms with E-state index in [1.54, 1.807) is 0 Å². The number of allylic oxidation sites excluding steroid dienone is 2. The van der Waals surface area contributed by atoms with Crippen LogP contribution < -0.4 is 5.73 Å². The third-order valence-electron chi connectivity index (χ3n) is 4.35. The highest BCUT2D eigenvalue weighted by atomic mass is 32.2. The van der Waals surface area contributed by atoms with Crippen LogP contribution in [-0.4, -0.2) is 4.98 Å². The third kappa shape index (κ3) is 3.68. The molecule has 1 unspecified atom stereocenters. The van der Waals surface area contributed by atoms with Gasteiger partial charge in [0.1, 0.15) is 23.0 Å². The van der Waals surface area contributed by atoms with Crippen LogP contribution in [-0.2, 0) is 5.75 Å². The molecule has 0 amide bonds. The Balaban J connectivity index is 2.01. The minimum absolute atomic E-state index is 0.149. The lowest BCUT2D eigenvalue weighted by Gasteiger charge is -2.22. The summed E-state index contributed by atoms with van der Waals surface area (Å²) >= 11 is 1.50. The predicted molar refractivity (Wildman–Crippen MR) is 99.8 cm³/mol. The van der Waals surface area contributed by atoms with Gasteiger partial charge in [-0.3, -0.25) is 0 Å². The molecule has 2 aromatic rings. The van der Waals surface area contributed by atoms with Crippen molar-refractivity contribution in [1.82, 2.24) is 4.98 Å². The van der Waals surface area contributed by atoms with E-state index in [2.05, 4.69) is 29.3 Å². The Hall–Kier alpha value is -2.76. The first kappa shape index (κ1) is 17.1. The predicted octanol–water partition coefficient (Wildman–Crippen LogP) is 4.52. The molecule has 0 aliphatic heterocycles. The van der Waals surface area contributed by atoms with Crippen LogP contribution in [0.4, 0.5) is 5.82 Å². The summed E-state index contributed by atoms with van der Waals surface area (Å²) in [4.78, 5) is 4.36. The second-order valence-corrected chi connectivity index (χ2v) is 6.91. The number of thioether (sulfide) groups is 1. The van der Waals surface area contributed by atoms with Gasteiger partial charge in [0.15, 0.2) is 0 Å². The van der Waals surface area contributed by atoms with Crippen molar-refractivity contribution < 1.29 is 0 Å². The van der Waals surface area contributed by atoms with E-state index in [1.807, 2.05) is 30.3 Å². The summed E-state index contributed by atoms with van der Waals surface area (Å²) in [6.07, 6.45) is 6.96. The van der Waals surface area contributed by atoms with Crippen LogP contribution in [0.1, 0.15) is 47.4 Å². The molecule has 1 heterocycles. The molecule has 2 N–H and O–H groups in total. The van der Waals surface area contributed by atoms with E-state index in [-0.39, 0.29) is 11.7 Å². The van der Waals surface area contributed by atoms with Crippen molar-refractivity contribution in [3.63, 3.8) is 0 Å². The number of pyridine rings is 1. The van der Waals surface area contributed by atoms with Crippen LogP contribution in [0.5, 0.6) is 0 Å². The molecule has 25 heavy (non-hydrogen) atoms. The zero-order chi connectivity index (χ0) is 17.6. The molecule has 4 nitrogen and oxygen atoms in total. The second-order valence-electron chi connectivity index (χ2n) is 5.95. The summed E-state index contributed by atoms with van der Waals surface area (Å²) < 4.78 is 0. The smallest absolute Gasteiger partial charge is 0.143 e. The first-order chi connectivity index (χ1) is 12.2. The molecule has 0 saturated heterocycles. The van der Waals surface area contributed by atoms with Crippen molar-refractivity contribution in [2.24, 2.45) is 0 Å². The van der Waals surface area contributed by atoms with Crippen molar-refractivity contribution in [3.05, 3.63) is 64.7 Å². The Morgan fingerprint density at radius 3 is 2.52 bits per heavy atom. The van der Waals surface area contributed by atoms with Gasteiger partial charge in [-0.25, -0.2) is 4.98 Å². The summed E-state index contributed by atoms with van der Waals surface area (Å²) in [6, 6.07) is 14.5. The molecule has 0 saturated carbocycles. The Morgan fingerprint density at radius 1 is 1.12 bits per heavy atom. The van der Waals surface area contributed by atoms with Crippen LogP contribution in [0.2, 0.25) is 0 Å². The summed E-state index contributed by atoms with van der Waals surface area (Å²) in [6.45, 7) is 0. The zero-order valence-corrected chi connectivity index (χ0v) is 14.6. The van der Waals surface area contributed by atoms with E-state index in [0.29, 0.717) is 21.9 Å². The molecule has 0 bridgehead atoms. The molecule has 0 radical (unpaired) electrons. The first-order valence-corrected chi connectivity index (χ1v) is 9.18. The molecule has 5 heteroatoms. The number of hydrogen-bond donors (Lipinski definition) is 1. The summed E-state index contributed by atoms with van der Waals surface area (Å²) in [7, 11) is 0. The number of aromatic nitrogens is 1. The summed E-state index contributed by atoms with van der Waals surface area (Å²) in [5.74, 6) is 1.08. The van der Waals surface area contributed by atoms with Gasteiger partial charge in [-0.1, -0.05) is 42.5 Å². The van der Waals surface area contributed by atoms with Crippen LogP contribution in [0.25, 0.3) is 0 Å². The Morgan fingerprint density at radius 2 is 1.88 bits per heavy atom. The van der Waals surface area contributed by atoms with Crippen molar-refractivity contribution in [2.75, 3.05) is 5.73 Å². The number of nitrogens with zero attached hydrogens (tertiary/aromatic N) is 3. The molecular formula is C20H18N4S. The molecule has 1 atom stereocenters. The average Bonchev–Trinajstić information content (AvgIpc) is 2.67. The van der Waals surface area contributed by atoms with Gasteiger partial charge < -0.3 is 5.73 Å². The quantitative estimate of drug-likeness (QED) is 0.649. The van der Waals surface area contributed by atoms with E-state index < -0.39 is 0 Å². The van der Waals surface area contributed by atoms with E-state index >= 15 is 0 Å². The fourth-order valence-corrected chi connectivity index (χ4v) is 4.08. The Bertz CT molecular complexity index is 875. The van der Waals surface area contributed by atoms with E-state index in [0.717, 1.165) is 30.4 Å². The second kappa shape index (κ2) is 7.88. The van der Waals surface area contributed by atoms with Crippen LogP contribution in [0.15, 0.2) is 47.5 Å². The van der Waals surface area contributed by atoms with Gasteiger partial charge in [0, 0.05) is 5.75 Å². The maximum absolute atomic E-state index is 9.77. The number of anilines is 1. The van der Waals surface area contributed by atoms with Gasteiger partial charge in [0.05, 0.1) is 11.1 Å². The standard InChI is InChI=1S/C20H18N4S/c21-11-16-18(15-9-5-2-6-10-15)17(12-22)20(24-19(16)23)25-13-14-7-3-1-4-8-14/h1-5,7-8,15H,6,9-10,13H2,(H2,23,24). The lowest BCUT2D eigenvalue weighted by Crippen LogP contribution is -2.11. The highest BCUT2D eigenvalue weighted by molar-refractivity contribution is 7.98. The SMILES string of the molecule is N#Cc1c(N)nc(SCc2ccccc2)c(C#N)c1C1CC=CCC1. The molecule has 124 valence electrons. The van der Waals surface area contributed by atoms with Gasteiger partial charge in [0.25, 0.3) is 0 Å². The number of nitrogen functional groups attached to an aromatic ring is 1. The molecule has 1 aliphatic carbocycles. The fraction of sp³-hybridized carbons (Fsp3) is 0.250. The fourth-order valence-electron chi connectivity index (χ4n) is 3.12. The third-order valence-corrected chi connectivity index (χ3v) is 5.40. The van der Waals surface area contributed by atoms with Gasteiger partial charge in [0.2, 0.25) is 0 Å². The lowest BCUT2D eigenvalue weighted by atomic mass is 9.83. The number of benzene rings is 1. The molecule has 0 spiro atoms. The molecule has 1 aromatic heterocycles. The summed E-state index contributed by atoms with van der Waals surface area (Å²) in [5, 5.41) is 19.9. The van der Waals surface area contributed by atoms with E-state index in [1.165, 1.54) is 11.8 Å². The number of rotatable bonds is 4. The largest absolute Gasteiger partial charge is 0.383 e. The minimum atomic E-state index is 0.149. The average molecular weight is 346 g/mol. The van der Waals surface area contributed by atoms with Crippen molar-refractivity contribution in [3.8, 4) is 12.1 Å². The van der Waals surface area contributed by atoms with Gasteiger partial charge >= 0.3 is 0 Å². The normalized spacial score (nSPS) is 16.2. The highest BCUT2D eigenvalue weighted by Gasteiger charge is 2.25. The zero-order valence-electron chi connectivity index (χ0n) is 13.8. The van der Waals surface area contributed by atoms with Gasteiger partial charge in [-0.2, -0.15) is 10.5 Å². The Kier molecular flexibility index (Phi) is 5.38. The van der Waals surface area contributed by atoms with Crippen LogP contribution in [0, 0.1) is 22.7 Å². The molecule has 3 rings (SSSR count). The first-order valence-electron chi connectivity index (χ1n) is 8.20. The maximum atomic E-state index is 9.77. The maximum Gasteiger partial charge on any atom is 0.143 e. The number of nitriles is 2. The number of hydrogen-bond acceptors (Lipinski definition) is 5. The molecule has 1 aromatic carbocycles.